The van der Waals surface area contributed by atoms with Crippen molar-refractivity contribution < 1.29 is 22.4 Å². The molecule has 0 N–H and O–H groups in total. The minimum Gasteiger partial charge on any atom is -0.464 e. The lowest BCUT2D eigenvalue weighted by atomic mass is 9.99. The van der Waals surface area contributed by atoms with Gasteiger partial charge in [0.2, 0.25) is 5.91 Å². The quantitative estimate of drug-likeness (QED) is 0.509. The summed E-state index contributed by atoms with van der Waals surface area (Å²) in [5.41, 5.74) is 1.31. The van der Waals surface area contributed by atoms with Crippen molar-refractivity contribution >= 4 is 11.7 Å². The van der Waals surface area contributed by atoms with Crippen LogP contribution in [0.2, 0.25) is 0 Å². The Hall–Kier alpha value is -3.33. The molecule has 2 bridgehead atoms. The molecule has 1 aromatic rings. The van der Waals surface area contributed by atoms with Crippen LogP contribution < -0.4 is 4.90 Å². The fourth-order valence-electron chi connectivity index (χ4n) is 5.73. The number of aromatic nitrogens is 1. The smallest absolute Gasteiger partial charge is 0.417 e. The second-order valence-electron chi connectivity index (χ2n) is 9.48. The van der Waals surface area contributed by atoms with Crippen molar-refractivity contribution in [2.45, 2.75) is 37.1 Å². The third kappa shape index (κ3) is 3.97. The summed E-state index contributed by atoms with van der Waals surface area (Å²) in [6.07, 6.45) is 3.94. The molecule has 5 heterocycles. The Balaban J connectivity index is 1.12. The minimum atomic E-state index is -4.39. The zero-order chi connectivity index (χ0) is 24.2. The Bertz CT molecular complexity index is 1220. The molecule has 6 rings (SSSR count). The van der Waals surface area contributed by atoms with Crippen molar-refractivity contribution in [2.24, 2.45) is 0 Å². The van der Waals surface area contributed by atoms with Crippen molar-refractivity contribution in [3.63, 3.8) is 0 Å². The van der Waals surface area contributed by atoms with E-state index < -0.39 is 11.7 Å². The first-order valence-corrected chi connectivity index (χ1v) is 11.8. The lowest BCUT2D eigenvalue weighted by Crippen LogP contribution is -2.51. The molecule has 5 aliphatic rings. The molecule has 1 aromatic heterocycles. The predicted molar refractivity (Wildman–Crippen MR) is 124 cm³/mol. The average molecular weight is 483 g/mol. The Morgan fingerprint density at radius 3 is 2.71 bits per heavy atom. The maximum Gasteiger partial charge on any atom is 0.417 e. The number of carbonyl (C=O) groups excluding carboxylic acids is 1. The van der Waals surface area contributed by atoms with E-state index in [2.05, 4.69) is 20.9 Å². The van der Waals surface area contributed by atoms with Crippen molar-refractivity contribution in [3.8, 4) is 11.3 Å². The van der Waals surface area contributed by atoms with Gasteiger partial charge in [0, 0.05) is 49.0 Å². The van der Waals surface area contributed by atoms with Gasteiger partial charge < -0.3 is 14.2 Å². The lowest BCUT2D eigenvalue weighted by molar-refractivity contribution is -0.138. The van der Waals surface area contributed by atoms with E-state index in [9.17, 15) is 18.0 Å². The van der Waals surface area contributed by atoms with E-state index in [4.69, 9.17) is 4.42 Å². The number of anilines is 1. The normalized spacial score (nSPS) is 24.6. The lowest BCUT2D eigenvalue weighted by Gasteiger charge is -2.38. The van der Waals surface area contributed by atoms with Gasteiger partial charge in [-0.25, -0.2) is 4.98 Å². The van der Waals surface area contributed by atoms with E-state index in [-0.39, 0.29) is 24.0 Å². The van der Waals surface area contributed by atoms with Gasteiger partial charge in [-0.1, -0.05) is 24.3 Å². The topological polar surface area (TPSA) is 52.8 Å². The second-order valence-corrected chi connectivity index (χ2v) is 9.48. The number of hydrogen-bond donors (Lipinski definition) is 0. The molecule has 0 radical (unpaired) electrons. The van der Waals surface area contributed by atoms with Crippen molar-refractivity contribution in [1.82, 2.24) is 14.8 Å². The number of alkyl halides is 3. The third-order valence-corrected chi connectivity index (χ3v) is 7.45. The molecule has 4 aliphatic heterocycles. The van der Waals surface area contributed by atoms with Crippen LogP contribution in [-0.4, -0.2) is 59.0 Å². The van der Waals surface area contributed by atoms with Crippen molar-refractivity contribution in [3.05, 3.63) is 72.1 Å². The summed E-state index contributed by atoms with van der Waals surface area (Å²) < 4.78 is 44.4. The van der Waals surface area contributed by atoms with Gasteiger partial charge in [-0.05, 0) is 37.1 Å². The fourth-order valence-corrected chi connectivity index (χ4v) is 5.73. The van der Waals surface area contributed by atoms with E-state index in [1.807, 2.05) is 35.2 Å². The number of halogens is 3. The Kier molecular flexibility index (Phi) is 5.32. The van der Waals surface area contributed by atoms with E-state index in [1.54, 1.807) is 6.26 Å². The van der Waals surface area contributed by atoms with Gasteiger partial charge in [0.15, 0.2) is 0 Å². The van der Waals surface area contributed by atoms with Gasteiger partial charge in [0.25, 0.3) is 0 Å². The molecule has 1 amide bonds. The number of amides is 1. The molecular formula is C26H25F3N4O2. The Morgan fingerprint density at radius 2 is 1.97 bits per heavy atom. The molecule has 2 fully saturated rings. The first-order chi connectivity index (χ1) is 16.9. The number of fused-ring (bicyclic) bond motifs is 3. The monoisotopic (exact) mass is 482 g/mol. The first kappa shape index (κ1) is 22.2. The summed E-state index contributed by atoms with van der Waals surface area (Å²) >= 11 is 0. The van der Waals surface area contributed by atoms with E-state index in [0.717, 1.165) is 42.0 Å². The van der Waals surface area contributed by atoms with Crippen molar-refractivity contribution in [1.29, 1.82) is 0 Å². The summed E-state index contributed by atoms with van der Waals surface area (Å²) in [5, 5.41) is 0. The average Bonchev–Trinajstić information content (AvgIpc) is 3.58. The second kappa shape index (κ2) is 8.41. The zero-order valence-electron chi connectivity index (χ0n) is 19.0. The van der Waals surface area contributed by atoms with E-state index in [1.165, 1.54) is 6.07 Å². The molecule has 2 saturated heterocycles. The molecule has 0 spiro atoms. The Labute approximate surface area is 201 Å². The number of likely N-dealkylation sites (tertiary alicyclic amines) is 1. The van der Waals surface area contributed by atoms with Crippen LogP contribution in [0, 0.1) is 0 Å². The Morgan fingerprint density at radius 1 is 1.09 bits per heavy atom. The molecule has 9 heteroatoms. The molecule has 182 valence electrons. The van der Waals surface area contributed by atoms with Crippen LogP contribution in [0.15, 0.2) is 65.4 Å². The highest BCUT2D eigenvalue weighted by Gasteiger charge is 2.45. The molecule has 6 nitrogen and oxygen atoms in total. The van der Waals surface area contributed by atoms with Gasteiger partial charge >= 0.3 is 6.18 Å². The number of hydrogen-bond acceptors (Lipinski definition) is 5. The highest BCUT2D eigenvalue weighted by Crippen LogP contribution is 2.39. The van der Waals surface area contributed by atoms with Crippen LogP contribution in [0.3, 0.4) is 0 Å². The van der Waals surface area contributed by atoms with Gasteiger partial charge in [-0.15, -0.1) is 0 Å². The summed E-state index contributed by atoms with van der Waals surface area (Å²) in [5.74, 6) is 1.46. The largest absolute Gasteiger partial charge is 0.464 e. The minimum absolute atomic E-state index is 0.0659. The van der Waals surface area contributed by atoms with Crippen molar-refractivity contribution in [2.75, 3.05) is 31.1 Å². The molecule has 0 saturated carbocycles. The standard InChI is InChI=1S/C26H25F3N4O2/c27-26(28,29)18-7-9-23(30-13-18)33-15-19-12-20(33)14-31(19)16-24(34)32-10-2-1-5-22(32)21-8-6-17-4-3-11-35-25(17)21/h1-4,6-9,11,13,19-20,22H,5,10,12,14-16H2. The van der Waals surface area contributed by atoms with Crippen LogP contribution in [0.25, 0.3) is 11.3 Å². The number of carbonyl (C=O) groups is 1. The summed E-state index contributed by atoms with van der Waals surface area (Å²) in [6.45, 7) is 2.25. The highest BCUT2D eigenvalue weighted by molar-refractivity contribution is 5.80. The van der Waals surface area contributed by atoms with E-state index in [0.29, 0.717) is 32.0 Å². The predicted octanol–water partition coefficient (Wildman–Crippen LogP) is 4.59. The maximum absolute atomic E-state index is 13.4. The van der Waals surface area contributed by atoms with E-state index >= 15 is 0 Å². The van der Waals surface area contributed by atoms with Crippen LogP contribution >= 0.6 is 0 Å². The molecule has 1 aliphatic carbocycles. The molecule has 3 unspecified atom stereocenters. The molecule has 0 aromatic carbocycles. The first-order valence-electron chi connectivity index (χ1n) is 11.8. The fraction of sp³-hybridized carbons (Fsp3) is 0.385. The van der Waals surface area contributed by atoms with Gasteiger partial charge in [-0.3, -0.25) is 9.69 Å². The zero-order valence-corrected chi connectivity index (χ0v) is 19.0. The van der Waals surface area contributed by atoms with Crippen LogP contribution in [0.1, 0.15) is 30.0 Å². The number of rotatable bonds is 4. The SMILES string of the molecule is O=C(CN1CC2CC1CN2c1ccc(C(F)(F)F)cn1)N1CC=CCC1c1ccc2cccoc1-2. The molecule has 35 heavy (non-hydrogen) atoms. The van der Waals surface area contributed by atoms with Gasteiger partial charge in [-0.2, -0.15) is 13.2 Å². The van der Waals surface area contributed by atoms with Crippen LogP contribution in [0.5, 0.6) is 0 Å². The number of nitrogens with zero attached hydrogens (tertiary/aromatic N) is 4. The maximum atomic E-state index is 13.4. The molecular weight excluding hydrogens is 457 g/mol. The third-order valence-electron chi connectivity index (χ3n) is 7.45. The summed E-state index contributed by atoms with van der Waals surface area (Å²) in [7, 11) is 0. The molecule has 3 atom stereocenters. The summed E-state index contributed by atoms with van der Waals surface area (Å²) in [4.78, 5) is 23.7. The van der Waals surface area contributed by atoms with Gasteiger partial charge in [0.05, 0.1) is 24.4 Å². The van der Waals surface area contributed by atoms with Crippen LogP contribution in [0.4, 0.5) is 19.0 Å². The van der Waals surface area contributed by atoms with Crippen LogP contribution in [-0.2, 0) is 11.0 Å². The number of pyridine rings is 1. The number of piperazine rings is 1. The summed E-state index contributed by atoms with van der Waals surface area (Å²) in [6, 6.07) is 10.7. The van der Waals surface area contributed by atoms with Gasteiger partial charge in [0.1, 0.15) is 11.6 Å². The highest BCUT2D eigenvalue weighted by atomic mass is 19.4.